The highest BCUT2D eigenvalue weighted by Crippen LogP contribution is 2.31. The zero-order valence-electron chi connectivity index (χ0n) is 10.1. The van der Waals surface area contributed by atoms with E-state index < -0.39 is 5.97 Å². The van der Waals surface area contributed by atoms with Gasteiger partial charge < -0.3 is 10.0 Å². The van der Waals surface area contributed by atoms with Gasteiger partial charge in [0.05, 0.1) is 10.7 Å². The van der Waals surface area contributed by atoms with E-state index in [4.69, 9.17) is 16.7 Å². The third kappa shape index (κ3) is 3.49. The largest absolute Gasteiger partial charge is 0.478 e. The van der Waals surface area contributed by atoms with Crippen LogP contribution in [-0.2, 0) is 4.79 Å². The topological polar surface area (TPSA) is 40.5 Å². The van der Waals surface area contributed by atoms with Crippen LogP contribution in [0.2, 0.25) is 5.02 Å². The molecule has 0 amide bonds. The normalized spacial score (nSPS) is 11.1. The molecule has 0 bridgehead atoms. The first-order valence-electron chi connectivity index (χ1n) is 5.36. The lowest BCUT2D eigenvalue weighted by molar-refractivity contribution is -0.131. The van der Waals surface area contributed by atoms with Gasteiger partial charge in [-0.15, -0.1) is 0 Å². The van der Waals surface area contributed by atoms with E-state index in [-0.39, 0.29) is 6.04 Å². The molecule has 0 aliphatic carbocycles. The first-order valence-corrected chi connectivity index (χ1v) is 5.73. The summed E-state index contributed by atoms with van der Waals surface area (Å²) in [6.07, 6.45) is 2.67. The monoisotopic (exact) mass is 253 g/mol. The molecule has 0 aromatic heterocycles. The Labute approximate surface area is 106 Å². The highest BCUT2D eigenvalue weighted by atomic mass is 35.5. The summed E-state index contributed by atoms with van der Waals surface area (Å²) in [7, 11) is 1.93. The van der Waals surface area contributed by atoms with Crippen molar-refractivity contribution in [2.75, 3.05) is 11.9 Å². The minimum absolute atomic E-state index is 0.284. The maximum atomic E-state index is 10.5. The van der Waals surface area contributed by atoms with Crippen LogP contribution < -0.4 is 4.90 Å². The molecule has 0 saturated carbocycles. The van der Waals surface area contributed by atoms with Crippen LogP contribution in [0.5, 0.6) is 0 Å². The van der Waals surface area contributed by atoms with Crippen molar-refractivity contribution in [1.29, 1.82) is 0 Å². The van der Waals surface area contributed by atoms with Crippen molar-refractivity contribution in [2.24, 2.45) is 0 Å². The van der Waals surface area contributed by atoms with Crippen molar-refractivity contribution in [2.45, 2.75) is 19.9 Å². The Hall–Kier alpha value is -1.48. The molecule has 1 N–H and O–H groups in total. The van der Waals surface area contributed by atoms with E-state index >= 15 is 0 Å². The molecule has 1 aromatic rings. The van der Waals surface area contributed by atoms with Crippen LogP contribution in [0.4, 0.5) is 5.69 Å². The van der Waals surface area contributed by atoms with Gasteiger partial charge in [-0.1, -0.05) is 23.7 Å². The number of aliphatic carboxylic acids is 1. The van der Waals surface area contributed by atoms with E-state index in [1.54, 1.807) is 12.1 Å². The van der Waals surface area contributed by atoms with Crippen molar-refractivity contribution >= 4 is 29.3 Å². The molecule has 4 heteroatoms. The van der Waals surface area contributed by atoms with Crippen LogP contribution in [0.1, 0.15) is 19.4 Å². The van der Waals surface area contributed by atoms with Crippen molar-refractivity contribution < 1.29 is 9.90 Å². The number of para-hydroxylation sites is 1. The number of hydrogen-bond acceptors (Lipinski definition) is 2. The van der Waals surface area contributed by atoms with Crippen LogP contribution >= 0.6 is 11.6 Å². The summed E-state index contributed by atoms with van der Waals surface area (Å²) in [6, 6.07) is 5.74. The van der Waals surface area contributed by atoms with Gasteiger partial charge >= 0.3 is 5.97 Å². The van der Waals surface area contributed by atoms with Gasteiger partial charge in [-0.05, 0) is 31.6 Å². The number of rotatable bonds is 4. The fraction of sp³-hybridized carbons (Fsp3) is 0.308. The van der Waals surface area contributed by atoms with E-state index in [9.17, 15) is 4.79 Å². The zero-order chi connectivity index (χ0) is 13.0. The van der Waals surface area contributed by atoms with E-state index in [0.29, 0.717) is 5.02 Å². The summed E-state index contributed by atoms with van der Waals surface area (Å²) in [5, 5.41) is 9.27. The number of nitrogens with zero attached hydrogens (tertiary/aromatic N) is 1. The van der Waals surface area contributed by atoms with Crippen LogP contribution in [0.15, 0.2) is 24.3 Å². The molecule has 17 heavy (non-hydrogen) atoms. The Kier molecular flexibility index (Phi) is 4.58. The molecule has 1 rings (SSSR count). The van der Waals surface area contributed by atoms with Crippen LogP contribution in [0.25, 0.3) is 6.08 Å². The lowest BCUT2D eigenvalue weighted by Gasteiger charge is -2.26. The third-order valence-corrected chi connectivity index (χ3v) is 2.86. The summed E-state index contributed by atoms with van der Waals surface area (Å²) in [4.78, 5) is 12.6. The predicted molar refractivity (Wildman–Crippen MR) is 71.7 cm³/mol. The molecule has 0 fully saturated rings. The molecule has 0 spiro atoms. The molecule has 3 nitrogen and oxygen atoms in total. The Morgan fingerprint density at radius 3 is 2.65 bits per heavy atom. The van der Waals surface area contributed by atoms with Crippen LogP contribution in [0, 0.1) is 0 Å². The molecule has 0 aliphatic rings. The number of carbonyl (C=O) groups is 1. The average molecular weight is 254 g/mol. The van der Waals surface area contributed by atoms with E-state index in [2.05, 4.69) is 0 Å². The van der Waals surface area contributed by atoms with Gasteiger partial charge in [0.15, 0.2) is 0 Å². The summed E-state index contributed by atoms with van der Waals surface area (Å²) < 4.78 is 0. The van der Waals surface area contributed by atoms with Gasteiger partial charge in [-0.25, -0.2) is 4.79 Å². The van der Waals surface area contributed by atoms with E-state index in [1.165, 1.54) is 0 Å². The second kappa shape index (κ2) is 5.73. The first-order chi connectivity index (χ1) is 7.93. The summed E-state index contributed by atoms with van der Waals surface area (Å²) in [5.74, 6) is -0.969. The second-order valence-corrected chi connectivity index (χ2v) is 4.46. The molecule has 1 aromatic carbocycles. The fourth-order valence-electron chi connectivity index (χ4n) is 1.46. The molecule has 0 radical (unpaired) electrons. The quantitative estimate of drug-likeness (QED) is 0.838. The molecule has 0 heterocycles. The zero-order valence-corrected chi connectivity index (χ0v) is 10.9. The number of benzene rings is 1. The number of hydrogen-bond donors (Lipinski definition) is 1. The van der Waals surface area contributed by atoms with Crippen LogP contribution in [-0.4, -0.2) is 24.2 Å². The molecule has 0 atom stereocenters. The first kappa shape index (κ1) is 13.6. The lowest BCUT2D eigenvalue weighted by atomic mass is 10.1. The van der Waals surface area contributed by atoms with E-state index in [1.807, 2.05) is 37.9 Å². The van der Waals surface area contributed by atoms with Crippen LogP contribution in [0.3, 0.4) is 0 Å². The van der Waals surface area contributed by atoms with Gasteiger partial charge in [0.1, 0.15) is 0 Å². The maximum absolute atomic E-state index is 10.5. The molecule has 92 valence electrons. The van der Waals surface area contributed by atoms with Crippen molar-refractivity contribution in [1.82, 2.24) is 0 Å². The SMILES string of the molecule is CC(C)N(C)c1c(Cl)cccc1/C=C/C(=O)O. The standard InChI is InChI=1S/C13H16ClNO2/c1-9(2)15(3)13-10(7-8-12(16)17)5-4-6-11(13)14/h4-9H,1-3H3,(H,16,17)/b8-7+. The minimum atomic E-state index is -0.969. The number of carboxylic acid groups (broad SMARTS) is 1. The molecular weight excluding hydrogens is 238 g/mol. The molecule has 0 unspecified atom stereocenters. The van der Waals surface area contributed by atoms with Gasteiger partial charge in [-0.3, -0.25) is 0 Å². The minimum Gasteiger partial charge on any atom is -0.478 e. The Balaban J connectivity index is 3.21. The predicted octanol–water partition coefficient (Wildman–Crippen LogP) is 3.28. The van der Waals surface area contributed by atoms with Gasteiger partial charge in [-0.2, -0.15) is 0 Å². The van der Waals surface area contributed by atoms with Crippen molar-refractivity contribution in [3.8, 4) is 0 Å². The molecule has 0 aliphatic heterocycles. The molecular formula is C13H16ClNO2. The smallest absolute Gasteiger partial charge is 0.328 e. The highest BCUT2D eigenvalue weighted by molar-refractivity contribution is 6.33. The number of carboxylic acids is 1. The van der Waals surface area contributed by atoms with E-state index in [0.717, 1.165) is 17.3 Å². The summed E-state index contributed by atoms with van der Waals surface area (Å²) >= 11 is 6.16. The van der Waals surface area contributed by atoms with Crippen molar-refractivity contribution in [3.05, 3.63) is 34.9 Å². The summed E-state index contributed by atoms with van der Waals surface area (Å²) in [5.41, 5.74) is 1.65. The van der Waals surface area contributed by atoms with Gasteiger partial charge in [0.2, 0.25) is 0 Å². The fourth-order valence-corrected chi connectivity index (χ4v) is 1.77. The number of halogens is 1. The highest BCUT2D eigenvalue weighted by Gasteiger charge is 2.12. The lowest BCUT2D eigenvalue weighted by Crippen LogP contribution is -2.26. The van der Waals surface area contributed by atoms with Gasteiger partial charge in [0, 0.05) is 19.2 Å². The molecule has 0 saturated heterocycles. The van der Waals surface area contributed by atoms with Crippen molar-refractivity contribution in [3.63, 3.8) is 0 Å². The summed E-state index contributed by atoms with van der Waals surface area (Å²) in [6.45, 7) is 4.10. The average Bonchev–Trinajstić information content (AvgIpc) is 2.25. The Bertz CT molecular complexity index is 441. The second-order valence-electron chi connectivity index (χ2n) is 4.05. The van der Waals surface area contributed by atoms with Gasteiger partial charge in [0.25, 0.3) is 0 Å². The Morgan fingerprint density at radius 2 is 2.12 bits per heavy atom. The third-order valence-electron chi connectivity index (χ3n) is 2.55. The number of anilines is 1. The Morgan fingerprint density at radius 1 is 1.47 bits per heavy atom. The maximum Gasteiger partial charge on any atom is 0.328 e.